The van der Waals surface area contributed by atoms with E-state index in [4.69, 9.17) is 15.7 Å². The molecule has 90 valence electrons. The lowest BCUT2D eigenvalue weighted by atomic mass is 9.93. The topological polar surface area (TPSA) is 59.0 Å². The van der Waals surface area contributed by atoms with Crippen molar-refractivity contribution in [2.24, 2.45) is 5.73 Å². The Bertz CT molecular complexity index is 436. The number of nitriles is 1. The van der Waals surface area contributed by atoms with E-state index < -0.39 is 0 Å². The van der Waals surface area contributed by atoms with Gasteiger partial charge in [0.2, 0.25) is 0 Å². The Morgan fingerprint density at radius 2 is 2.24 bits per heavy atom. The Labute approximate surface area is 102 Å². The number of nitrogens with zero attached hydrogens (tertiary/aromatic N) is 1. The lowest BCUT2D eigenvalue weighted by Gasteiger charge is -2.27. The molecule has 1 aromatic carbocycles. The Morgan fingerprint density at radius 1 is 1.41 bits per heavy atom. The molecule has 1 aromatic rings. The largest absolute Gasteiger partial charge is 0.489 e. The molecule has 1 fully saturated rings. The Morgan fingerprint density at radius 3 is 2.94 bits per heavy atom. The molecule has 2 unspecified atom stereocenters. The zero-order valence-corrected chi connectivity index (χ0v) is 10.1. The number of ether oxygens (including phenoxy) is 1. The Hall–Kier alpha value is -1.53. The first-order valence-corrected chi connectivity index (χ1v) is 6.12. The molecule has 1 saturated carbocycles. The van der Waals surface area contributed by atoms with Crippen molar-refractivity contribution in [1.29, 1.82) is 5.26 Å². The Kier molecular flexibility index (Phi) is 3.65. The summed E-state index contributed by atoms with van der Waals surface area (Å²) >= 11 is 0. The molecule has 0 radical (unpaired) electrons. The normalized spacial score (nSPS) is 24.1. The summed E-state index contributed by atoms with van der Waals surface area (Å²) in [7, 11) is 0. The first kappa shape index (κ1) is 11.9. The molecule has 2 N–H and O–H groups in total. The fraction of sp³-hybridized carbons (Fsp3) is 0.500. The molecule has 0 aliphatic heterocycles. The van der Waals surface area contributed by atoms with Gasteiger partial charge < -0.3 is 10.5 Å². The van der Waals surface area contributed by atoms with Gasteiger partial charge >= 0.3 is 0 Å². The van der Waals surface area contributed by atoms with Crippen molar-refractivity contribution in [2.45, 2.75) is 44.8 Å². The summed E-state index contributed by atoms with van der Waals surface area (Å²) < 4.78 is 5.90. The smallest absolute Gasteiger partial charge is 0.137 e. The zero-order chi connectivity index (χ0) is 12.3. The molecule has 1 aliphatic rings. The molecule has 0 amide bonds. The molecule has 1 aliphatic carbocycles. The number of nitrogens with two attached hydrogens (primary N) is 1. The van der Waals surface area contributed by atoms with Crippen molar-refractivity contribution in [1.82, 2.24) is 0 Å². The zero-order valence-electron chi connectivity index (χ0n) is 10.1. The monoisotopic (exact) mass is 230 g/mol. The summed E-state index contributed by atoms with van der Waals surface area (Å²) in [5, 5.41) is 9.07. The van der Waals surface area contributed by atoms with E-state index in [0.717, 1.165) is 31.2 Å². The van der Waals surface area contributed by atoms with E-state index in [1.807, 2.05) is 25.1 Å². The quantitative estimate of drug-likeness (QED) is 0.849. The van der Waals surface area contributed by atoms with Crippen LogP contribution in [0.25, 0.3) is 0 Å². The molecular weight excluding hydrogens is 212 g/mol. The van der Waals surface area contributed by atoms with Crippen LogP contribution in [-0.2, 0) is 0 Å². The highest BCUT2D eigenvalue weighted by Crippen LogP contribution is 2.26. The third-order valence-corrected chi connectivity index (χ3v) is 3.22. The molecule has 0 heterocycles. The maximum absolute atomic E-state index is 9.07. The minimum Gasteiger partial charge on any atom is -0.489 e. The van der Waals surface area contributed by atoms with Crippen molar-refractivity contribution in [3.8, 4) is 11.8 Å². The summed E-state index contributed by atoms with van der Waals surface area (Å²) in [5.74, 6) is 0.692. The van der Waals surface area contributed by atoms with Crippen LogP contribution in [-0.4, -0.2) is 12.1 Å². The van der Waals surface area contributed by atoms with Crippen LogP contribution in [0.15, 0.2) is 18.2 Å². The third-order valence-electron chi connectivity index (χ3n) is 3.22. The van der Waals surface area contributed by atoms with Gasteiger partial charge in [0.05, 0.1) is 5.56 Å². The van der Waals surface area contributed by atoms with Gasteiger partial charge in [-0.25, -0.2) is 0 Å². The van der Waals surface area contributed by atoms with Crippen LogP contribution in [0, 0.1) is 18.3 Å². The highest BCUT2D eigenvalue weighted by Gasteiger charge is 2.21. The predicted molar refractivity (Wildman–Crippen MR) is 66.8 cm³/mol. The number of rotatable bonds is 2. The van der Waals surface area contributed by atoms with E-state index in [1.165, 1.54) is 0 Å². The fourth-order valence-electron chi connectivity index (χ4n) is 2.30. The first-order chi connectivity index (χ1) is 8.19. The molecule has 3 nitrogen and oxygen atoms in total. The van der Waals surface area contributed by atoms with Gasteiger partial charge in [-0.15, -0.1) is 0 Å². The standard InChI is InChI=1S/C14H18N2O/c1-10-5-6-14(11(7-10)9-15)17-13-4-2-3-12(16)8-13/h5-7,12-13H,2-4,8,16H2,1H3. The highest BCUT2D eigenvalue weighted by atomic mass is 16.5. The SMILES string of the molecule is Cc1ccc(OC2CCCC(N)C2)c(C#N)c1. The van der Waals surface area contributed by atoms with E-state index in [1.54, 1.807) is 0 Å². The molecule has 0 spiro atoms. The minimum atomic E-state index is 0.161. The number of benzene rings is 1. The second-order valence-electron chi connectivity index (χ2n) is 4.78. The summed E-state index contributed by atoms with van der Waals surface area (Å²) in [4.78, 5) is 0. The van der Waals surface area contributed by atoms with Gasteiger partial charge in [0.25, 0.3) is 0 Å². The van der Waals surface area contributed by atoms with Crippen LogP contribution in [0.4, 0.5) is 0 Å². The van der Waals surface area contributed by atoms with Crippen molar-refractivity contribution >= 4 is 0 Å². The summed E-state index contributed by atoms with van der Waals surface area (Å²) in [6.07, 6.45) is 4.28. The van der Waals surface area contributed by atoms with Gasteiger partial charge in [-0.2, -0.15) is 5.26 Å². The highest BCUT2D eigenvalue weighted by molar-refractivity contribution is 5.45. The maximum atomic E-state index is 9.07. The van der Waals surface area contributed by atoms with Crippen LogP contribution < -0.4 is 10.5 Å². The van der Waals surface area contributed by atoms with E-state index in [0.29, 0.717) is 11.3 Å². The Balaban J connectivity index is 2.10. The van der Waals surface area contributed by atoms with Gasteiger partial charge in [-0.3, -0.25) is 0 Å². The van der Waals surface area contributed by atoms with Gasteiger partial charge in [0, 0.05) is 6.04 Å². The third kappa shape index (κ3) is 2.98. The van der Waals surface area contributed by atoms with E-state index >= 15 is 0 Å². The van der Waals surface area contributed by atoms with Crippen molar-refractivity contribution in [2.75, 3.05) is 0 Å². The lowest BCUT2D eigenvalue weighted by Crippen LogP contribution is -2.33. The van der Waals surface area contributed by atoms with Crippen molar-refractivity contribution in [3.63, 3.8) is 0 Å². The molecule has 0 aromatic heterocycles. The number of hydrogen-bond acceptors (Lipinski definition) is 3. The predicted octanol–water partition coefficient (Wildman–Crippen LogP) is 2.52. The van der Waals surface area contributed by atoms with Crippen LogP contribution in [0.3, 0.4) is 0 Å². The van der Waals surface area contributed by atoms with Crippen LogP contribution in [0.5, 0.6) is 5.75 Å². The average Bonchev–Trinajstić information content (AvgIpc) is 2.31. The molecule has 2 atom stereocenters. The molecule has 0 bridgehead atoms. The molecule has 2 rings (SSSR count). The van der Waals surface area contributed by atoms with Gasteiger partial charge in [0.1, 0.15) is 17.9 Å². The second kappa shape index (κ2) is 5.20. The molecule has 3 heteroatoms. The number of aryl methyl sites for hydroxylation is 1. The summed E-state index contributed by atoms with van der Waals surface area (Å²) in [6, 6.07) is 8.13. The van der Waals surface area contributed by atoms with Gasteiger partial charge in [0.15, 0.2) is 0 Å². The molecular formula is C14H18N2O. The second-order valence-corrected chi connectivity index (χ2v) is 4.78. The van der Waals surface area contributed by atoms with Crippen LogP contribution in [0.1, 0.15) is 36.8 Å². The number of hydrogen-bond donors (Lipinski definition) is 1. The van der Waals surface area contributed by atoms with Crippen molar-refractivity contribution in [3.05, 3.63) is 29.3 Å². The van der Waals surface area contributed by atoms with E-state index in [9.17, 15) is 0 Å². The van der Waals surface area contributed by atoms with Gasteiger partial charge in [-0.1, -0.05) is 6.07 Å². The van der Waals surface area contributed by atoms with Gasteiger partial charge in [-0.05, 0) is 50.3 Å². The van der Waals surface area contributed by atoms with E-state index in [-0.39, 0.29) is 12.1 Å². The summed E-state index contributed by atoms with van der Waals surface area (Å²) in [6.45, 7) is 1.97. The minimum absolute atomic E-state index is 0.161. The average molecular weight is 230 g/mol. The lowest BCUT2D eigenvalue weighted by molar-refractivity contribution is 0.144. The summed E-state index contributed by atoms with van der Waals surface area (Å²) in [5.41, 5.74) is 7.62. The van der Waals surface area contributed by atoms with Crippen LogP contribution >= 0.6 is 0 Å². The molecule has 0 saturated heterocycles. The first-order valence-electron chi connectivity index (χ1n) is 6.12. The fourth-order valence-corrected chi connectivity index (χ4v) is 2.30. The maximum Gasteiger partial charge on any atom is 0.137 e. The molecule has 17 heavy (non-hydrogen) atoms. The van der Waals surface area contributed by atoms with E-state index in [2.05, 4.69) is 6.07 Å². The van der Waals surface area contributed by atoms with Crippen molar-refractivity contribution < 1.29 is 4.74 Å². The van der Waals surface area contributed by atoms with Crippen LogP contribution in [0.2, 0.25) is 0 Å².